The van der Waals surface area contributed by atoms with Gasteiger partial charge in [0.15, 0.2) is 5.65 Å². The molecule has 3 aromatic heterocycles. The van der Waals surface area contributed by atoms with E-state index < -0.39 is 0 Å². The number of ether oxygens (including phenoxy) is 2. The van der Waals surface area contributed by atoms with Crippen molar-refractivity contribution in [3.8, 4) is 0 Å². The van der Waals surface area contributed by atoms with Gasteiger partial charge in [0.25, 0.3) is 5.56 Å². The van der Waals surface area contributed by atoms with Gasteiger partial charge in [0.1, 0.15) is 17.3 Å². The molecule has 0 spiro atoms. The summed E-state index contributed by atoms with van der Waals surface area (Å²) in [6, 6.07) is 3.95. The number of fused-ring (bicyclic) bond motifs is 2. The molecule has 34 heavy (non-hydrogen) atoms. The van der Waals surface area contributed by atoms with Crippen LogP contribution in [-0.2, 0) is 16.0 Å². The summed E-state index contributed by atoms with van der Waals surface area (Å²) in [5.41, 5.74) is 1.95. The van der Waals surface area contributed by atoms with Crippen molar-refractivity contribution in [1.82, 2.24) is 24.5 Å². The lowest BCUT2D eigenvalue weighted by Crippen LogP contribution is -2.31. The first-order chi connectivity index (χ1) is 16.6. The van der Waals surface area contributed by atoms with Crippen molar-refractivity contribution in [2.24, 2.45) is 11.8 Å². The lowest BCUT2D eigenvalue weighted by molar-refractivity contribution is 0.0581. The van der Waals surface area contributed by atoms with Gasteiger partial charge in [0, 0.05) is 55.9 Å². The monoisotopic (exact) mass is 485 g/mol. The van der Waals surface area contributed by atoms with Gasteiger partial charge in [-0.1, -0.05) is 11.6 Å². The van der Waals surface area contributed by atoms with Crippen molar-refractivity contribution in [3.05, 3.63) is 45.5 Å². The molecule has 10 nitrogen and oxygen atoms in total. The lowest BCUT2D eigenvalue weighted by atomic mass is 10.1. The van der Waals surface area contributed by atoms with E-state index in [4.69, 9.17) is 26.1 Å². The Morgan fingerprint density at radius 1 is 1.21 bits per heavy atom. The molecule has 4 atom stereocenters. The van der Waals surface area contributed by atoms with Crippen LogP contribution < -0.4 is 21.5 Å². The highest BCUT2D eigenvalue weighted by Gasteiger charge is 2.53. The Morgan fingerprint density at radius 3 is 2.82 bits per heavy atom. The standard InChI is InChI=1S/C23H28ClN7O3/c1-25-20-6-19(28-18-5-14(24)9-30(23(18)32)15-3-2-4-33-10-15)29-22-13(8-27-31(20)22)7-26-21-16-11-34-12-17(16)21/h5-6,8-9,15-17,21,25-26H,2-4,7,10-12H2,1H3,(H,28,29)/t15-,16-,17+,21?/m0/s1. The minimum Gasteiger partial charge on any atom is -0.381 e. The Balaban J connectivity index is 1.28. The normalized spacial score (nSPS) is 25.9. The Bertz CT molecular complexity index is 1260. The SMILES string of the molecule is CNc1cc(Nc2cc(Cl)cn([C@H]3CCCOC3)c2=O)nc2c(CNC3[C@H]4COC[C@@H]34)cnn12. The van der Waals surface area contributed by atoms with Crippen LogP contribution in [-0.4, -0.2) is 58.7 Å². The van der Waals surface area contributed by atoms with E-state index in [2.05, 4.69) is 21.0 Å². The zero-order valence-corrected chi connectivity index (χ0v) is 19.7. The maximum absolute atomic E-state index is 13.2. The second-order valence-corrected chi connectivity index (χ2v) is 9.67. The summed E-state index contributed by atoms with van der Waals surface area (Å²) in [4.78, 5) is 18.0. The number of hydrogen-bond donors (Lipinski definition) is 3. The Morgan fingerprint density at radius 2 is 2.06 bits per heavy atom. The molecule has 3 aromatic rings. The summed E-state index contributed by atoms with van der Waals surface area (Å²) in [5.74, 6) is 2.55. The third kappa shape index (κ3) is 3.94. The zero-order chi connectivity index (χ0) is 23.2. The Hall–Kier alpha value is -2.66. The quantitative estimate of drug-likeness (QED) is 0.468. The van der Waals surface area contributed by atoms with E-state index in [1.807, 2.05) is 19.3 Å². The Labute approximate surface area is 201 Å². The van der Waals surface area contributed by atoms with Crippen molar-refractivity contribution >= 4 is 34.6 Å². The number of nitrogens with one attached hydrogen (secondary N) is 3. The van der Waals surface area contributed by atoms with E-state index in [-0.39, 0.29) is 11.6 Å². The van der Waals surface area contributed by atoms with E-state index in [1.54, 1.807) is 21.3 Å². The molecule has 5 heterocycles. The van der Waals surface area contributed by atoms with E-state index in [1.165, 1.54) is 0 Å². The molecule has 6 rings (SSSR count). The van der Waals surface area contributed by atoms with Crippen molar-refractivity contribution in [2.75, 3.05) is 44.1 Å². The molecule has 180 valence electrons. The van der Waals surface area contributed by atoms with E-state index >= 15 is 0 Å². The van der Waals surface area contributed by atoms with Gasteiger partial charge in [0.05, 0.1) is 37.1 Å². The lowest BCUT2D eigenvalue weighted by Gasteiger charge is -2.25. The van der Waals surface area contributed by atoms with Gasteiger partial charge in [-0.15, -0.1) is 0 Å². The average Bonchev–Trinajstić information content (AvgIpc) is 3.17. The van der Waals surface area contributed by atoms with Gasteiger partial charge >= 0.3 is 0 Å². The maximum Gasteiger partial charge on any atom is 0.274 e. The third-order valence-corrected chi connectivity index (χ3v) is 7.29. The first-order valence-electron chi connectivity index (χ1n) is 11.8. The van der Waals surface area contributed by atoms with Crippen molar-refractivity contribution < 1.29 is 9.47 Å². The summed E-state index contributed by atoms with van der Waals surface area (Å²) in [7, 11) is 1.83. The maximum atomic E-state index is 13.2. The molecule has 11 heteroatoms. The number of anilines is 3. The highest BCUT2D eigenvalue weighted by Crippen LogP contribution is 2.44. The molecule has 2 aliphatic heterocycles. The number of pyridine rings is 1. The first kappa shape index (κ1) is 21.8. The minimum absolute atomic E-state index is 0.0244. The molecule has 1 aliphatic carbocycles. The largest absolute Gasteiger partial charge is 0.381 e. The predicted molar refractivity (Wildman–Crippen MR) is 129 cm³/mol. The van der Waals surface area contributed by atoms with E-state index in [0.29, 0.717) is 47.6 Å². The molecular weight excluding hydrogens is 458 g/mol. The molecule has 3 N–H and O–H groups in total. The average molecular weight is 486 g/mol. The third-order valence-electron chi connectivity index (χ3n) is 7.08. The van der Waals surface area contributed by atoms with Crippen LogP contribution in [0.1, 0.15) is 24.4 Å². The second kappa shape index (κ2) is 8.84. The highest BCUT2D eigenvalue weighted by atomic mass is 35.5. The number of rotatable bonds is 7. The topological polar surface area (TPSA) is 107 Å². The zero-order valence-electron chi connectivity index (χ0n) is 19.0. The molecule has 0 aromatic carbocycles. The van der Waals surface area contributed by atoms with Gasteiger partial charge in [-0.3, -0.25) is 4.79 Å². The van der Waals surface area contributed by atoms with Crippen LogP contribution >= 0.6 is 11.6 Å². The number of halogens is 1. The van der Waals surface area contributed by atoms with Gasteiger partial charge in [-0.2, -0.15) is 9.61 Å². The minimum atomic E-state index is -0.148. The van der Waals surface area contributed by atoms with Gasteiger partial charge in [-0.05, 0) is 18.9 Å². The summed E-state index contributed by atoms with van der Waals surface area (Å²) in [6.07, 6.45) is 5.32. The molecular formula is C23H28ClN7O3. The van der Waals surface area contributed by atoms with Crippen LogP contribution in [0.25, 0.3) is 5.65 Å². The molecule has 2 saturated heterocycles. The summed E-state index contributed by atoms with van der Waals surface area (Å²) in [6.45, 7) is 3.60. The molecule has 0 amide bonds. The van der Waals surface area contributed by atoms with E-state index in [0.717, 1.165) is 49.7 Å². The number of nitrogens with zero attached hydrogens (tertiary/aromatic N) is 4. The summed E-state index contributed by atoms with van der Waals surface area (Å²) in [5, 5.41) is 15.0. The Kier molecular flexibility index (Phi) is 5.68. The number of aromatic nitrogens is 4. The second-order valence-electron chi connectivity index (χ2n) is 9.23. The fraction of sp³-hybridized carbons (Fsp3) is 0.522. The van der Waals surface area contributed by atoms with Crippen molar-refractivity contribution in [3.63, 3.8) is 0 Å². The summed E-state index contributed by atoms with van der Waals surface area (Å²) < 4.78 is 14.5. The fourth-order valence-electron chi connectivity index (χ4n) is 5.15. The van der Waals surface area contributed by atoms with Crippen LogP contribution in [0.4, 0.5) is 17.3 Å². The van der Waals surface area contributed by atoms with Gasteiger partial charge in [-0.25, -0.2) is 4.98 Å². The van der Waals surface area contributed by atoms with Crippen LogP contribution in [0.5, 0.6) is 0 Å². The van der Waals surface area contributed by atoms with E-state index in [9.17, 15) is 4.79 Å². The van der Waals surface area contributed by atoms with Crippen molar-refractivity contribution in [2.45, 2.75) is 31.5 Å². The van der Waals surface area contributed by atoms with Crippen LogP contribution in [0.3, 0.4) is 0 Å². The van der Waals surface area contributed by atoms with Crippen LogP contribution in [0.2, 0.25) is 5.02 Å². The molecule has 0 bridgehead atoms. The molecule has 1 unspecified atom stereocenters. The van der Waals surface area contributed by atoms with Crippen molar-refractivity contribution in [1.29, 1.82) is 0 Å². The fourth-order valence-corrected chi connectivity index (χ4v) is 5.37. The molecule has 0 radical (unpaired) electrons. The predicted octanol–water partition coefficient (Wildman–Crippen LogP) is 2.42. The van der Waals surface area contributed by atoms with Crippen LogP contribution in [0, 0.1) is 11.8 Å². The first-order valence-corrected chi connectivity index (χ1v) is 12.1. The summed E-state index contributed by atoms with van der Waals surface area (Å²) >= 11 is 6.38. The van der Waals surface area contributed by atoms with Gasteiger partial charge in [0.2, 0.25) is 0 Å². The molecule has 3 aliphatic rings. The number of hydrogen-bond acceptors (Lipinski definition) is 8. The molecule has 3 fully saturated rings. The van der Waals surface area contributed by atoms with Gasteiger partial charge < -0.3 is 30.0 Å². The smallest absolute Gasteiger partial charge is 0.274 e. The highest BCUT2D eigenvalue weighted by molar-refractivity contribution is 6.30. The van der Waals surface area contributed by atoms with Crippen LogP contribution in [0.15, 0.2) is 29.3 Å². The molecule has 1 saturated carbocycles.